The molecule has 0 spiro atoms. The van der Waals surface area contributed by atoms with Gasteiger partial charge >= 0.3 is 6.18 Å². The molecule has 0 bridgehead atoms. The Morgan fingerprint density at radius 2 is 1.83 bits per heavy atom. The number of likely N-dealkylation sites (N-methyl/N-ethyl adjacent to an activating group) is 1. The molecule has 220 valence electrons. The smallest absolute Gasteiger partial charge is 0.416 e. The first-order valence-electron chi connectivity index (χ1n) is 14.1. The predicted molar refractivity (Wildman–Crippen MR) is 150 cm³/mol. The van der Waals surface area contributed by atoms with Crippen LogP contribution < -0.4 is 4.74 Å². The molecule has 0 aliphatic carbocycles. The first-order chi connectivity index (χ1) is 20.3. The van der Waals surface area contributed by atoms with Gasteiger partial charge < -0.3 is 19.5 Å². The molecule has 0 unspecified atom stereocenters. The van der Waals surface area contributed by atoms with Gasteiger partial charge in [0.25, 0.3) is 0 Å². The van der Waals surface area contributed by atoms with Crippen LogP contribution in [0.15, 0.2) is 49.1 Å². The van der Waals surface area contributed by atoms with Gasteiger partial charge in [0.05, 0.1) is 23.6 Å². The Balaban J connectivity index is 1.13. The number of hydrogen-bond donors (Lipinski definition) is 1. The molecule has 4 aromatic rings. The van der Waals surface area contributed by atoms with Gasteiger partial charge in [-0.05, 0) is 41.4 Å². The summed E-state index contributed by atoms with van der Waals surface area (Å²) in [6.45, 7) is 7.19. The molecule has 3 aromatic heterocycles. The van der Waals surface area contributed by atoms with Crippen molar-refractivity contribution in [3.05, 3.63) is 77.0 Å². The van der Waals surface area contributed by atoms with Crippen molar-refractivity contribution in [2.24, 2.45) is 0 Å². The summed E-state index contributed by atoms with van der Waals surface area (Å²) in [6, 6.07) is 7.98. The van der Waals surface area contributed by atoms with Crippen LogP contribution in [0.1, 0.15) is 34.9 Å². The number of alkyl halides is 3. The Morgan fingerprint density at radius 1 is 1.02 bits per heavy atom. The van der Waals surface area contributed by atoms with E-state index in [4.69, 9.17) is 4.74 Å². The third kappa shape index (κ3) is 6.09. The SMILES string of the molecule is CCN1CCN(Cc2ccc(CC(=O)N3CCc4ncc(Oc5ncnc6[nH]ccc56)cc4C3)cc2C(F)(F)F)CC1. The molecule has 1 N–H and O–H groups in total. The molecule has 5 heterocycles. The van der Waals surface area contributed by atoms with Crippen LogP contribution in [-0.4, -0.2) is 79.8 Å². The second-order valence-electron chi connectivity index (χ2n) is 10.7. The largest absolute Gasteiger partial charge is 0.437 e. The lowest BCUT2D eigenvalue weighted by molar-refractivity contribution is -0.138. The highest BCUT2D eigenvalue weighted by Gasteiger charge is 2.34. The fourth-order valence-corrected chi connectivity index (χ4v) is 5.64. The number of nitrogens with one attached hydrogen (secondary N) is 1. The maximum atomic E-state index is 14.1. The number of carbonyl (C=O) groups excluding carboxylic acids is 1. The number of nitrogens with zero attached hydrogens (tertiary/aromatic N) is 6. The summed E-state index contributed by atoms with van der Waals surface area (Å²) in [7, 11) is 0. The van der Waals surface area contributed by atoms with E-state index in [0.717, 1.165) is 55.4 Å². The summed E-state index contributed by atoms with van der Waals surface area (Å²) in [5, 5.41) is 0.732. The normalized spacial score (nSPS) is 16.5. The highest BCUT2D eigenvalue weighted by Crippen LogP contribution is 2.34. The summed E-state index contributed by atoms with van der Waals surface area (Å²) in [4.78, 5) is 35.2. The van der Waals surface area contributed by atoms with Crippen LogP contribution >= 0.6 is 0 Å². The number of hydrogen-bond acceptors (Lipinski definition) is 7. The van der Waals surface area contributed by atoms with Gasteiger partial charge in [0.15, 0.2) is 0 Å². The average molecular weight is 580 g/mol. The fraction of sp³-hybridized carbons (Fsp3) is 0.400. The summed E-state index contributed by atoms with van der Waals surface area (Å²) >= 11 is 0. The zero-order chi connectivity index (χ0) is 29.3. The molecule has 1 amide bonds. The molecular formula is C30H32F3N7O2. The van der Waals surface area contributed by atoms with E-state index in [2.05, 4.69) is 36.7 Å². The van der Waals surface area contributed by atoms with Crippen LogP contribution in [0.4, 0.5) is 13.2 Å². The van der Waals surface area contributed by atoms with Crippen molar-refractivity contribution < 1.29 is 22.7 Å². The molecule has 0 saturated carbocycles. The molecule has 1 aromatic carbocycles. The number of pyridine rings is 1. The number of aromatic amines is 1. The minimum Gasteiger partial charge on any atom is -0.437 e. The minimum absolute atomic E-state index is 0.107. The molecule has 0 radical (unpaired) electrons. The van der Waals surface area contributed by atoms with Gasteiger partial charge in [-0.3, -0.25) is 14.7 Å². The Hall–Kier alpha value is -4.03. The van der Waals surface area contributed by atoms with Gasteiger partial charge in [-0.25, -0.2) is 9.97 Å². The van der Waals surface area contributed by atoms with Crippen LogP contribution in [0.3, 0.4) is 0 Å². The van der Waals surface area contributed by atoms with Crippen molar-refractivity contribution in [1.82, 2.24) is 34.6 Å². The zero-order valence-corrected chi connectivity index (χ0v) is 23.3. The molecule has 2 aliphatic rings. The predicted octanol–water partition coefficient (Wildman–Crippen LogP) is 4.43. The third-order valence-corrected chi connectivity index (χ3v) is 8.04. The number of piperazine rings is 1. The number of aromatic nitrogens is 4. The number of fused-ring (bicyclic) bond motifs is 2. The lowest BCUT2D eigenvalue weighted by atomic mass is 9.99. The molecular weight excluding hydrogens is 547 g/mol. The van der Waals surface area contributed by atoms with Crippen molar-refractivity contribution >= 4 is 16.9 Å². The maximum Gasteiger partial charge on any atom is 0.416 e. The highest BCUT2D eigenvalue weighted by atomic mass is 19.4. The topological polar surface area (TPSA) is 90.5 Å². The summed E-state index contributed by atoms with van der Waals surface area (Å²) < 4.78 is 48.2. The first kappa shape index (κ1) is 28.1. The van der Waals surface area contributed by atoms with Gasteiger partial charge in [0.2, 0.25) is 11.8 Å². The molecule has 1 saturated heterocycles. The Bertz CT molecular complexity index is 1580. The highest BCUT2D eigenvalue weighted by molar-refractivity contribution is 5.81. The first-order valence-corrected chi connectivity index (χ1v) is 14.1. The summed E-state index contributed by atoms with van der Waals surface area (Å²) in [5.74, 6) is 0.637. The Kier molecular flexibility index (Phi) is 7.82. The third-order valence-electron chi connectivity index (χ3n) is 8.04. The summed E-state index contributed by atoms with van der Waals surface area (Å²) in [6.07, 6.45) is 0.729. The van der Waals surface area contributed by atoms with Crippen molar-refractivity contribution in [2.75, 3.05) is 39.3 Å². The number of benzene rings is 1. The zero-order valence-electron chi connectivity index (χ0n) is 23.3. The number of rotatable bonds is 7. The van der Waals surface area contributed by atoms with Gasteiger partial charge in [0.1, 0.15) is 17.7 Å². The van der Waals surface area contributed by atoms with E-state index in [-0.39, 0.29) is 24.4 Å². The summed E-state index contributed by atoms with van der Waals surface area (Å²) in [5.41, 5.74) is 2.29. The van der Waals surface area contributed by atoms with E-state index in [1.54, 1.807) is 23.4 Å². The van der Waals surface area contributed by atoms with Crippen LogP contribution in [0.25, 0.3) is 11.0 Å². The van der Waals surface area contributed by atoms with Crippen LogP contribution in [-0.2, 0) is 36.9 Å². The van der Waals surface area contributed by atoms with Crippen molar-refractivity contribution in [1.29, 1.82) is 0 Å². The van der Waals surface area contributed by atoms with Gasteiger partial charge in [-0.15, -0.1) is 0 Å². The number of amides is 1. The average Bonchev–Trinajstić information content (AvgIpc) is 3.47. The van der Waals surface area contributed by atoms with Crippen LogP contribution in [0, 0.1) is 0 Å². The fourth-order valence-electron chi connectivity index (χ4n) is 5.64. The number of carbonyl (C=O) groups is 1. The molecule has 1 fully saturated rings. The minimum atomic E-state index is -4.50. The second-order valence-corrected chi connectivity index (χ2v) is 10.7. The molecule has 6 rings (SSSR count). The number of H-pyrrole nitrogens is 1. The van der Waals surface area contributed by atoms with Gasteiger partial charge in [-0.2, -0.15) is 13.2 Å². The molecule has 12 heteroatoms. The lowest BCUT2D eigenvalue weighted by Gasteiger charge is -2.34. The number of ether oxygens (including phenoxy) is 1. The van der Waals surface area contributed by atoms with E-state index < -0.39 is 11.7 Å². The quantitative estimate of drug-likeness (QED) is 0.347. The second kappa shape index (κ2) is 11.7. The monoisotopic (exact) mass is 579 g/mol. The standard InChI is InChI=1S/C30H32F3N7O2/c1-2-38-9-11-39(12-10-38)17-21-4-3-20(13-25(21)30(31,32)33)14-27(41)40-8-6-26-22(18-40)15-23(16-35-26)42-29-24-5-7-34-28(24)36-19-37-29/h3-5,7,13,15-16,19H,2,6,8-12,14,17-18H2,1H3,(H,34,36,37). The molecule has 0 atom stereocenters. The van der Waals surface area contributed by atoms with Gasteiger partial charge in [0, 0.05) is 64.1 Å². The van der Waals surface area contributed by atoms with E-state index >= 15 is 0 Å². The Labute approximate surface area is 241 Å². The molecule has 42 heavy (non-hydrogen) atoms. The van der Waals surface area contributed by atoms with Gasteiger partial charge in [-0.1, -0.05) is 19.1 Å². The molecule has 9 nitrogen and oxygen atoms in total. The number of halogens is 3. The van der Waals surface area contributed by atoms with E-state index in [1.165, 1.54) is 12.4 Å². The van der Waals surface area contributed by atoms with Crippen molar-refractivity contribution in [3.8, 4) is 11.6 Å². The van der Waals surface area contributed by atoms with E-state index in [9.17, 15) is 18.0 Å². The van der Waals surface area contributed by atoms with Crippen molar-refractivity contribution in [3.63, 3.8) is 0 Å². The lowest BCUT2D eigenvalue weighted by Crippen LogP contribution is -2.45. The van der Waals surface area contributed by atoms with Crippen LogP contribution in [0.5, 0.6) is 11.6 Å². The Morgan fingerprint density at radius 3 is 2.62 bits per heavy atom. The van der Waals surface area contributed by atoms with E-state index in [0.29, 0.717) is 42.4 Å². The maximum absolute atomic E-state index is 14.1. The van der Waals surface area contributed by atoms with Crippen LogP contribution in [0.2, 0.25) is 0 Å². The van der Waals surface area contributed by atoms with E-state index in [1.807, 2.05) is 12.1 Å². The molecule has 2 aliphatic heterocycles. The van der Waals surface area contributed by atoms with Crippen molar-refractivity contribution in [2.45, 2.75) is 39.0 Å².